The first-order valence-electron chi connectivity index (χ1n) is 6.58. The molecule has 18 heavy (non-hydrogen) atoms. The van der Waals surface area contributed by atoms with Crippen LogP contribution < -0.4 is 5.32 Å². The summed E-state index contributed by atoms with van der Waals surface area (Å²) in [6.07, 6.45) is 0. The van der Waals surface area contributed by atoms with Crippen LogP contribution in [0.1, 0.15) is 39.1 Å². The number of nitrogens with one attached hydrogen (secondary N) is 1. The van der Waals surface area contributed by atoms with Crippen molar-refractivity contribution in [3.63, 3.8) is 0 Å². The summed E-state index contributed by atoms with van der Waals surface area (Å²) in [7, 11) is 1.95. The van der Waals surface area contributed by atoms with Crippen molar-refractivity contribution in [2.45, 2.75) is 41.2 Å². The number of hydrogen-bond acceptors (Lipinski definition) is 2. The minimum Gasteiger partial charge on any atom is -0.311 e. The predicted molar refractivity (Wildman–Crippen MR) is 75.7 cm³/mol. The zero-order valence-corrected chi connectivity index (χ0v) is 13.0. The first kappa shape index (κ1) is 13.9. The zero-order chi connectivity index (χ0) is 13.7. The highest BCUT2D eigenvalue weighted by Crippen LogP contribution is 2.67. The molecular formula is C14H24ClN3. The van der Waals surface area contributed by atoms with Gasteiger partial charge < -0.3 is 5.32 Å². The van der Waals surface area contributed by atoms with Crippen LogP contribution in [0.15, 0.2) is 0 Å². The molecule has 2 rings (SSSR count). The quantitative estimate of drug-likeness (QED) is 0.910. The molecule has 102 valence electrons. The molecule has 1 saturated carbocycles. The van der Waals surface area contributed by atoms with Gasteiger partial charge in [-0.1, -0.05) is 39.3 Å². The van der Waals surface area contributed by atoms with Gasteiger partial charge in [-0.25, -0.2) is 0 Å². The molecule has 1 heterocycles. The third-order valence-corrected chi connectivity index (χ3v) is 5.71. The first-order chi connectivity index (χ1) is 8.19. The summed E-state index contributed by atoms with van der Waals surface area (Å²) in [6.45, 7) is 13.2. The minimum atomic E-state index is 0.437. The summed E-state index contributed by atoms with van der Waals surface area (Å²) in [4.78, 5) is 0. The van der Waals surface area contributed by atoms with E-state index in [0.717, 1.165) is 35.4 Å². The monoisotopic (exact) mass is 269 g/mol. The predicted octanol–water partition coefficient (Wildman–Crippen LogP) is 3.15. The lowest BCUT2D eigenvalue weighted by Gasteiger charge is -2.07. The highest BCUT2D eigenvalue weighted by atomic mass is 35.5. The number of hydrogen-bond donors (Lipinski definition) is 1. The van der Waals surface area contributed by atoms with E-state index in [0.29, 0.717) is 10.8 Å². The van der Waals surface area contributed by atoms with E-state index >= 15 is 0 Å². The standard InChI is InChI=1S/C14H24ClN3/c1-9-12(15)10(18(6)17-9)7-16-8-11-13(2,3)14(11,4)5/h11,16H,7-8H2,1-6H3. The van der Waals surface area contributed by atoms with E-state index in [2.05, 4.69) is 38.1 Å². The van der Waals surface area contributed by atoms with Gasteiger partial charge in [-0.05, 0) is 30.2 Å². The van der Waals surface area contributed by atoms with Gasteiger partial charge in [-0.15, -0.1) is 0 Å². The topological polar surface area (TPSA) is 29.9 Å². The van der Waals surface area contributed by atoms with Crippen LogP contribution in [-0.2, 0) is 13.6 Å². The number of rotatable bonds is 4. The van der Waals surface area contributed by atoms with E-state index < -0.39 is 0 Å². The summed E-state index contributed by atoms with van der Waals surface area (Å²) in [5.41, 5.74) is 2.85. The van der Waals surface area contributed by atoms with E-state index in [9.17, 15) is 0 Å². The summed E-state index contributed by atoms with van der Waals surface area (Å²) in [5.74, 6) is 0.734. The molecule has 1 aromatic heterocycles. The smallest absolute Gasteiger partial charge is 0.0860 e. The van der Waals surface area contributed by atoms with Crippen LogP contribution in [0.25, 0.3) is 0 Å². The van der Waals surface area contributed by atoms with Crippen molar-refractivity contribution in [1.29, 1.82) is 0 Å². The Hall–Kier alpha value is -0.540. The van der Waals surface area contributed by atoms with Crippen molar-refractivity contribution < 1.29 is 0 Å². The Morgan fingerprint density at radius 2 is 1.83 bits per heavy atom. The van der Waals surface area contributed by atoms with Gasteiger partial charge in [0.2, 0.25) is 0 Å². The van der Waals surface area contributed by atoms with Gasteiger partial charge in [-0.2, -0.15) is 5.10 Å². The highest BCUT2D eigenvalue weighted by molar-refractivity contribution is 6.31. The van der Waals surface area contributed by atoms with Crippen molar-refractivity contribution in [1.82, 2.24) is 15.1 Å². The van der Waals surface area contributed by atoms with Crippen LogP contribution in [-0.4, -0.2) is 16.3 Å². The van der Waals surface area contributed by atoms with Crippen molar-refractivity contribution in [3.8, 4) is 0 Å². The summed E-state index contributed by atoms with van der Waals surface area (Å²) in [6, 6.07) is 0. The van der Waals surface area contributed by atoms with Crippen LogP contribution >= 0.6 is 11.6 Å². The van der Waals surface area contributed by atoms with Gasteiger partial charge in [0, 0.05) is 13.6 Å². The fraction of sp³-hybridized carbons (Fsp3) is 0.786. The molecule has 0 aliphatic heterocycles. The SMILES string of the molecule is Cc1nn(C)c(CNCC2C(C)(C)C2(C)C)c1Cl. The van der Waals surface area contributed by atoms with E-state index in [4.69, 9.17) is 11.6 Å². The lowest BCUT2D eigenvalue weighted by atomic mass is 10.0. The van der Waals surface area contributed by atoms with Crippen molar-refractivity contribution in [3.05, 3.63) is 16.4 Å². The second-order valence-corrected chi connectivity index (χ2v) is 6.97. The Labute approximate surface area is 115 Å². The second-order valence-electron chi connectivity index (χ2n) is 6.60. The lowest BCUT2D eigenvalue weighted by Crippen LogP contribution is -2.20. The Kier molecular flexibility index (Phi) is 3.27. The van der Waals surface area contributed by atoms with Crippen LogP contribution in [0.5, 0.6) is 0 Å². The molecule has 0 unspecified atom stereocenters. The molecule has 0 saturated heterocycles. The molecule has 1 aliphatic carbocycles. The molecule has 3 nitrogen and oxygen atoms in total. The number of halogens is 1. The van der Waals surface area contributed by atoms with Gasteiger partial charge in [-0.3, -0.25) is 4.68 Å². The molecule has 0 atom stereocenters. The maximum absolute atomic E-state index is 6.23. The van der Waals surface area contributed by atoms with Crippen LogP contribution in [0.3, 0.4) is 0 Å². The van der Waals surface area contributed by atoms with E-state index in [1.807, 2.05) is 18.7 Å². The van der Waals surface area contributed by atoms with Gasteiger partial charge in [0.25, 0.3) is 0 Å². The third-order valence-electron chi connectivity index (χ3n) is 5.22. The van der Waals surface area contributed by atoms with E-state index in [-0.39, 0.29) is 0 Å². The molecule has 0 bridgehead atoms. The van der Waals surface area contributed by atoms with Crippen molar-refractivity contribution >= 4 is 11.6 Å². The van der Waals surface area contributed by atoms with E-state index in [1.54, 1.807) is 0 Å². The number of aromatic nitrogens is 2. The van der Waals surface area contributed by atoms with Crippen LogP contribution in [0.4, 0.5) is 0 Å². The maximum atomic E-state index is 6.23. The Balaban J connectivity index is 1.91. The molecule has 1 aromatic rings. The molecule has 0 amide bonds. The second kappa shape index (κ2) is 4.24. The number of nitrogens with zero attached hydrogens (tertiary/aromatic N) is 2. The molecular weight excluding hydrogens is 246 g/mol. The van der Waals surface area contributed by atoms with E-state index in [1.165, 1.54) is 0 Å². The first-order valence-corrected chi connectivity index (χ1v) is 6.96. The summed E-state index contributed by atoms with van der Waals surface area (Å²) in [5, 5.41) is 8.64. The normalized spacial score (nSPS) is 21.3. The average molecular weight is 270 g/mol. The third kappa shape index (κ3) is 1.97. The van der Waals surface area contributed by atoms with Gasteiger partial charge >= 0.3 is 0 Å². The molecule has 0 radical (unpaired) electrons. The minimum absolute atomic E-state index is 0.437. The molecule has 4 heteroatoms. The summed E-state index contributed by atoms with van der Waals surface area (Å²) >= 11 is 6.23. The molecule has 0 spiro atoms. The van der Waals surface area contributed by atoms with Crippen LogP contribution in [0, 0.1) is 23.7 Å². The fourth-order valence-corrected chi connectivity index (χ4v) is 3.28. The molecule has 1 N–H and O–H groups in total. The number of aryl methyl sites for hydroxylation is 2. The van der Waals surface area contributed by atoms with Crippen LogP contribution in [0.2, 0.25) is 5.02 Å². The molecule has 0 aromatic carbocycles. The Morgan fingerprint density at radius 3 is 2.22 bits per heavy atom. The van der Waals surface area contributed by atoms with Crippen molar-refractivity contribution in [2.75, 3.05) is 6.54 Å². The largest absolute Gasteiger partial charge is 0.311 e. The van der Waals surface area contributed by atoms with Gasteiger partial charge in [0.1, 0.15) is 0 Å². The zero-order valence-electron chi connectivity index (χ0n) is 12.3. The average Bonchev–Trinajstić information content (AvgIpc) is 2.49. The van der Waals surface area contributed by atoms with Gasteiger partial charge in [0.15, 0.2) is 0 Å². The molecule has 1 aliphatic rings. The maximum Gasteiger partial charge on any atom is 0.0860 e. The Morgan fingerprint density at radius 1 is 1.28 bits per heavy atom. The summed E-state index contributed by atoms with van der Waals surface area (Å²) < 4.78 is 1.87. The fourth-order valence-electron chi connectivity index (χ4n) is 3.05. The van der Waals surface area contributed by atoms with Crippen molar-refractivity contribution in [2.24, 2.45) is 23.8 Å². The molecule has 1 fully saturated rings. The Bertz CT molecular complexity index is 446. The highest BCUT2D eigenvalue weighted by Gasteiger charge is 2.63. The lowest BCUT2D eigenvalue weighted by molar-refractivity contribution is 0.457. The van der Waals surface area contributed by atoms with Gasteiger partial charge in [0.05, 0.1) is 16.4 Å².